The smallest absolute Gasteiger partial charge is 0.486 e. The van der Waals surface area contributed by atoms with Gasteiger partial charge in [-0.2, -0.15) is 0 Å². The van der Waals surface area contributed by atoms with E-state index < -0.39 is 69.4 Å². The lowest BCUT2D eigenvalue weighted by Crippen LogP contribution is -2.65. The van der Waals surface area contributed by atoms with E-state index in [2.05, 4.69) is 62.5 Å². The molecule has 75 heavy (non-hydrogen) atoms. The molecule has 2 amide bonds. The summed E-state index contributed by atoms with van der Waals surface area (Å²) >= 11 is 1.58. The SMILES string of the molecule is CC(C)(C)OC(=O)N[C@@H](C(=O)N1CC(Oc2ccc(CCB3O[C@@H]4C[C@@H]5C[C@@H](C5(C)C)[C@]4(C)O3)c(OC(=O)OC(C)(C)C)c2C(=O)OC(C)(C)C)C1)C(C)(C)SC(c1ccccc1)(c1ccccc1)c1ccccc1. The highest BCUT2D eigenvalue weighted by Gasteiger charge is 2.67. The fraction of sp³-hybridized carbons (Fsp3) is 0.533. The lowest BCUT2D eigenvalue weighted by Gasteiger charge is -2.64. The van der Waals surface area contributed by atoms with Gasteiger partial charge in [0.2, 0.25) is 5.91 Å². The third kappa shape index (κ3) is 12.1. The van der Waals surface area contributed by atoms with Crippen LogP contribution in [0.2, 0.25) is 6.32 Å². The highest BCUT2D eigenvalue weighted by atomic mass is 32.2. The van der Waals surface area contributed by atoms with Crippen LogP contribution in [0.1, 0.15) is 142 Å². The number of aryl methyl sites for hydroxylation is 1. The van der Waals surface area contributed by atoms with Gasteiger partial charge in [-0.05, 0) is 154 Å². The molecular weight excluding hydrogens is 968 g/mol. The number of likely N-dealkylation sites (tertiary alicyclic amines) is 1. The number of carbonyl (C=O) groups excluding carboxylic acids is 4. The van der Waals surface area contributed by atoms with Gasteiger partial charge < -0.3 is 43.2 Å². The number of hydrogen-bond donors (Lipinski definition) is 1. The van der Waals surface area contributed by atoms with Gasteiger partial charge in [-0.3, -0.25) is 4.79 Å². The summed E-state index contributed by atoms with van der Waals surface area (Å²) < 4.78 is 41.6. The lowest BCUT2D eigenvalue weighted by molar-refractivity contribution is -0.199. The molecule has 0 radical (unpaired) electrons. The molecule has 5 aliphatic rings. The van der Waals surface area contributed by atoms with E-state index in [0.717, 1.165) is 29.5 Å². The highest BCUT2D eigenvalue weighted by Crippen LogP contribution is 2.66. The first kappa shape index (κ1) is 55.7. The summed E-state index contributed by atoms with van der Waals surface area (Å²) in [5.41, 5.74) is 0.526. The summed E-state index contributed by atoms with van der Waals surface area (Å²) in [6.45, 7) is 26.8. The molecule has 402 valence electrons. The van der Waals surface area contributed by atoms with Crippen LogP contribution in [0.25, 0.3) is 0 Å². The van der Waals surface area contributed by atoms with Crippen LogP contribution in [0.3, 0.4) is 0 Å². The molecule has 2 saturated heterocycles. The molecule has 1 N–H and O–H groups in total. The Bertz CT molecular complexity index is 2610. The second kappa shape index (κ2) is 20.8. The number of benzene rings is 4. The van der Waals surface area contributed by atoms with Crippen LogP contribution in [-0.2, 0) is 39.5 Å². The van der Waals surface area contributed by atoms with Gasteiger partial charge in [-0.1, -0.05) is 111 Å². The van der Waals surface area contributed by atoms with Crippen LogP contribution in [-0.4, -0.2) is 94.6 Å². The van der Waals surface area contributed by atoms with Gasteiger partial charge in [0.15, 0.2) is 5.75 Å². The molecule has 0 unspecified atom stereocenters. The Balaban J connectivity index is 1.09. The minimum atomic E-state index is -1.10. The fourth-order valence-electron chi connectivity index (χ4n) is 11.4. The molecule has 13 nitrogen and oxygen atoms in total. The van der Waals surface area contributed by atoms with Crippen molar-refractivity contribution in [2.24, 2.45) is 17.3 Å². The molecule has 2 heterocycles. The number of nitrogens with one attached hydrogen (secondary N) is 1. The molecule has 5 fully saturated rings. The van der Waals surface area contributed by atoms with Gasteiger partial charge in [0, 0.05) is 4.75 Å². The Morgan fingerprint density at radius 3 is 1.76 bits per heavy atom. The fourth-order valence-corrected chi connectivity index (χ4v) is 13.2. The number of thioether (sulfide) groups is 1. The summed E-state index contributed by atoms with van der Waals surface area (Å²) in [6.07, 6.45) is 0.465. The van der Waals surface area contributed by atoms with Crippen molar-refractivity contribution < 1.29 is 52.2 Å². The zero-order chi connectivity index (χ0) is 54.5. The molecule has 4 aromatic rings. The minimum Gasteiger partial charge on any atom is -0.486 e. The van der Waals surface area contributed by atoms with Crippen molar-refractivity contribution in [2.45, 2.75) is 173 Å². The Morgan fingerprint density at radius 1 is 0.720 bits per heavy atom. The summed E-state index contributed by atoms with van der Waals surface area (Å²) in [4.78, 5) is 58.7. The van der Waals surface area contributed by atoms with Gasteiger partial charge in [-0.25, -0.2) is 14.4 Å². The van der Waals surface area contributed by atoms with E-state index in [1.165, 1.54) is 0 Å². The molecule has 0 aromatic heterocycles. The number of nitrogens with zero attached hydrogens (tertiary/aromatic N) is 1. The van der Waals surface area contributed by atoms with E-state index in [0.29, 0.717) is 30.1 Å². The molecule has 3 aliphatic carbocycles. The molecule has 4 aromatic carbocycles. The second-order valence-corrected chi connectivity index (χ2v) is 26.8. The van der Waals surface area contributed by atoms with E-state index in [-0.39, 0.29) is 47.6 Å². The number of hydrogen-bond acceptors (Lipinski definition) is 12. The second-order valence-electron chi connectivity index (χ2n) is 25.0. The normalized spacial score (nSPS) is 21.9. The largest absolute Gasteiger partial charge is 0.514 e. The topological polar surface area (TPSA) is 148 Å². The Hall–Kier alpha value is -5.51. The predicted octanol–water partition coefficient (Wildman–Crippen LogP) is 12.2. The van der Waals surface area contributed by atoms with Crippen LogP contribution in [0.5, 0.6) is 11.5 Å². The van der Waals surface area contributed by atoms with E-state index in [1.807, 2.05) is 68.4 Å². The van der Waals surface area contributed by atoms with Crippen LogP contribution in [0.4, 0.5) is 9.59 Å². The number of rotatable bonds is 15. The van der Waals surface area contributed by atoms with Gasteiger partial charge in [0.25, 0.3) is 0 Å². The zero-order valence-corrected chi connectivity index (χ0v) is 47.2. The number of ether oxygens (including phenoxy) is 5. The molecule has 9 rings (SSSR count). The van der Waals surface area contributed by atoms with Crippen molar-refractivity contribution in [1.29, 1.82) is 0 Å². The molecule has 3 saturated carbocycles. The standard InChI is InChI=1S/C60H77BN2O11S/c1-54(2,3)70-51(65)47-44(31-30-38(48(47)69-53(67)72-56(7,8)9)32-33-61-73-46-35-42-34-45(57(42,10)11)59(46,14)74-61)68-43-36-63(37-43)50(64)49(62-52(66)71-55(4,5)6)58(12,13)75-60(39-24-18-15-19-25-39,40-26-20-16-21-27-40)41-28-22-17-23-29-41/h15-31,42-43,45-46,49H,32-37H2,1-14H3,(H,62,66)/t42-,45-,46+,49-,59-/m0/s1. The van der Waals surface area contributed by atoms with Gasteiger partial charge >= 0.3 is 25.3 Å². The Morgan fingerprint density at radius 2 is 1.25 bits per heavy atom. The molecule has 2 aliphatic heterocycles. The quantitative estimate of drug-likeness (QED) is 0.0397. The van der Waals surface area contributed by atoms with Gasteiger partial charge in [0.05, 0.1) is 29.5 Å². The first-order valence-electron chi connectivity index (χ1n) is 26.4. The van der Waals surface area contributed by atoms with E-state index in [9.17, 15) is 14.4 Å². The first-order chi connectivity index (χ1) is 35.0. The lowest BCUT2D eigenvalue weighted by atomic mass is 9.43. The number of alkyl carbamates (subject to hydrolysis) is 1. The summed E-state index contributed by atoms with van der Waals surface area (Å²) in [5.74, 6) is -0.0777. The third-order valence-electron chi connectivity index (χ3n) is 15.0. The van der Waals surface area contributed by atoms with Crippen LogP contribution in [0, 0.1) is 17.3 Å². The molecular formula is C60H77BN2O11S. The number of carbonyl (C=O) groups is 4. The molecule has 2 bridgehead atoms. The Labute approximate surface area is 448 Å². The monoisotopic (exact) mass is 1040 g/mol. The maximum atomic E-state index is 15.2. The predicted molar refractivity (Wildman–Crippen MR) is 292 cm³/mol. The van der Waals surface area contributed by atoms with Crippen molar-refractivity contribution in [2.75, 3.05) is 13.1 Å². The number of esters is 1. The maximum Gasteiger partial charge on any atom is 0.514 e. The third-order valence-corrected chi connectivity index (χ3v) is 16.8. The van der Waals surface area contributed by atoms with Crippen molar-refractivity contribution in [3.63, 3.8) is 0 Å². The van der Waals surface area contributed by atoms with Gasteiger partial charge in [-0.15, -0.1) is 11.8 Å². The van der Waals surface area contributed by atoms with Crippen molar-refractivity contribution in [1.82, 2.24) is 10.2 Å². The molecule has 15 heteroatoms. The zero-order valence-electron chi connectivity index (χ0n) is 46.4. The summed E-state index contributed by atoms with van der Waals surface area (Å²) in [7, 11) is -0.507. The van der Waals surface area contributed by atoms with Crippen LogP contribution >= 0.6 is 11.8 Å². The highest BCUT2D eigenvalue weighted by molar-refractivity contribution is 8.02. The average molecular weight is 1050 g/mol. The van der Waals surface area contributed by atoms with Crippen LogP contribution in [0.15, 0.2) is 103 Å². The van der Waals surface area contributed by atoms with Crippen molar-refractivity contribution in [3.05, 3.63) is 131 Å². The Kier molecular flexibility index (Phi) is 15.4. The number of amides is 2. The summed E-state index contributed by atoms with van der Waals surface area (Å²) in [5, 5.41) is 3.00. The first-order valence-corrected chi connectivity index (χ1v) is 27.3. The van der Waals surface area contributed by atoms with Crippen molar-refractivity contribution >= 4 is 43.0 Å². The van der Waals surface area contributed by atoms with E-state index in [1.54, 1.807) is 91.1 Å². The minimum absolute atomic E-state index is 0.0154. The van der Waals surface area contributed by atoms with E-state index >= 15 is 4.79 Å². The van der Waals surface area contributed by atoms with Gasteiger partial charge in [0.1, 0.15) is 40.3 Å². The average Bonchev–Trinajstić information content (AvgIpc) is 3.65. The summed E-state index contributed by atoms with van der Waals surface area (Å²) in [6, 6.07) is 32.9. The van der Waals surface area contributed by atoms with E-state index in [4.69, 9.17) is 33.0 Å². The molecule has 0 spiro atoms. The molecule has 5 atom stereocenters. The van der Waals surface area contributed by atoms with Crippen LogP contribution < -0.4 is 14.8 Å². The van der Waals surface area contributed by atoms with Crippen molar-refractivity contribution in [3.8, 4) is 11.5 Å². The maximum absolute atomic E-state index is 15.2.